The van der Waals surface area contributed by atoms with Crippen LogP contribution in [-0.4, -0.2) is 16.4 Å². The lowest BCUT2D eigenvalue weighted by Crippen LogP contribution is -2.25. The monoisotopic (exact) mass is 276 g/mol. The van der Waals surface area contributed by atoms with Crippen LogP contribution >= 0.6 is 15.9 Å². The number of esters is 1. The largest absolute Gasteiger partial charge is 0.460 e. The molecule has 0 aromatic rings. The minimum atomic E-state index is -0.339. The van der Waals surface area contributed by atoms with Gasteiger partial charge in [0.25, 0.3) is 0 Å². The van der Waals surface area contributed by atoms with Crippen LogP contribution in [0.25, 0.3) is 0 Å². The highest BCUT2D eigenvalue weighted by atomic mass is 79.9. The van der Waals surface area contributed by atoms with Crippen LogP contribution in [0.15, 0.2) is 0 Å². The zero-order valence-electron chi connectivity index (χ0n) is 9.88. The van der Waals surface area contributed by atoms with E-state index in [1.54, 1.807) is 0 Å². The second-order valence-electron chi connectivity index (χ2n) is 5.41. The molecule has 0 aromatic heterocycles. The van der Waals surface area contributed by atoms with Gasteiger partial charge in [-0.1, -0.05) is 15.9 Å². The summed E-state index contributed by atoms with van der Waals surface area (Å²) in [7, 11) is 0. The molecule has 1 rings (SSSR count). The van der Waals surface area contributed by atoms with E-state index in [9.17, 15) is 4.79 Å². The average molecular weight is 277 g/mol. The third kappa shape index (κ3) is 5.55. The standard InChI is InChI=1S/C12H21BrO2/c1-12(2,3)15-11(14)6-4-5-9-7-10(13)8-9/h9-10H,4-8H2,1-3H3. The van der Waals surface area contributed by atoms with E-state index >= 15 is 0 Å². The molecule has 1 aliphatic rings. The fourth-order valence-corrected chi connectivity index (χ4v) is 2.87. The first-order valence-corrected chi connectivity index (χ1v) is 6.64. The molecule has 0 unspecified atom stereocenters. The molecule has 3 heteroatoms. The van der Waals surface area contributed by atoms with E-state index in [0.29, 0.717) is 6.42 Å². The zero-order chi connectivity index (χ0) is 11.5. The summed E-state index contributed by atoms with van der Waals surface area (Å²) in [6.45, 7) is 5.73. The number of hydrogen-bond acceptors (Lipinski definition) is 2. The molecule has 1 saturated carbocycles. The van der Waals surface area contributed by atoms with Crippen molar-refractivity contribution in [2.45, 2.75) is 63.3 Å². The first kappa shape index (κ1) is 13.0. The summed E-state index contributed by atoms with van der Waals surface area (Å²) in [5.74, 6) is 0.772. The van der Waals surface area contributed by atoms with Crippen LogP contribution in [0.1, 0.15) is 52.9 Å². The molecule has 15 heavy (non-hydrogen) atoms. The molecule has 0 atom stereocenters. The van der Waals surface area contributed by atoms with Gasteiger partial charge >= 0.3 is 5.97 Å². The van der Waals surface area contributed by atoms with Crippen molar-refractivity contribution in [1.82, 2.24) is 0 Å². The Kier molecular flexibility index (Phi) is 4.63. The quantitative estimate of drug-likeness (QED) is 0.579. The third-order valence-electron chi connectivity index (χ3n) is 2.59. The Morgan fingerprint density at radius 2 is 2.00 bits per heavy atom. The highest BCUT2D eigenvalue weighted by molar-refractivity contribution is 9.09. The SMILES string of the molecule is CC(C)(C)OC(=O)CCCC1CC(Br)C1. The first-order valence-electron chi connectivity index (χ1n) is 5.73. The van der Waals surface area contributed by atoms with Gasteiger partial charge in [-0.05, 0) is 52.4 Å². The lowest BCUT2D eigenvalue weighted by atomic mass is 9.81. The Labute approximate surface area is 101 Å². The molecule has 0 aromatic carbocycles. The van der Waals surface area contributed by atoms with Crippen molar-refractivity contribution in [3.05, 3.63) is 0 Å². The summed E-state index contributed by atoms with van der Waals surface area (Å²) in [6.07, 6.45) is 5.25. The number of carbonyl (C=O) groups excluding carboxylic acids is 1. The highest BCUT2D eigenvalue weighted by Gasteiger charge is 2.26. The normalized spacial score (nSPS) is 25.9. The second-order valence-corrected chi connectivity index (χ2v) is 6.71. The van der Waals surface area contributed by atoms with Crippen LogP contribution in [0.5, 0.6) is 0 Å². The van der Waals surface area contributed by atoms with Gasteiger partial charge in [0.2, 0.25) is 0 Å². The smallest absolute Gasteiger partial charge is 0.306 e. The Morgan fingerprint density at radius 1 is 1.40 bits per heavy atom. The number of carbonyl (C=O) groups is 1. The summed E-state index contributed by atoms with van der Waals surface area (Å²) in [4.78, 5) is 12.1. The fraction of sp³-hybridized carbons (Fsp3) is 0.917. The topological polar surface area (TPSA) is 26.3 Å². The number of alkyl halides is 1. The van der Waals surface area contributed by atoms with Crippen molar-refractivity contribution in [2.24, 2.45) is 5.92 Å². The lowest BCUT2D eigenvalue weighted by molar-refractivity contribution is -0.155. The third-order valence-corrected chi connectivity index (χ3v) is 3.34. The van der Waals surface area contributed by atoms with Crippen molar-refractivity contribution in [1.29, 1.82) is 0 Å². The van der Waals surface area contributed by atoms with Gasteiger partial charge in [0, 0.05) is 11.2 Å². The molecule has 0 aliphatic heterocycles. The van der Waals surface area contributed by atoms with E-state index in [2.05, 4.69) is 15.9 Å². The van der Waals surface area contributed by atoms with Gasteiger partial charge < -0.3 is 4.74 Å². The van der Waals surface area contributed by atoms with Crippen molar-refractivity contribution < 1.29 is 9.53 Å². The fourth-order valence-electron chi connectivity index (χ4n) is 1.82. The summed E-state index contributed by atoms with van der Waals surface area (Å²) in [6, 6.07) is 0. The Bertz CT molecular complexity index is 214. The average Bonchev–Trinajstić information content (AvgIpc) is 1.97. The highest BCUT2D eigenvalue weighted by Crippen LogP contribution is 2.36. The second kappa shape index (κ2) is 5.33. The molecule has 88 valence electrons. The van der Waals surface area contributed by atoms with E-state index in [0.717, 1.165) is 17.2 Å². The molecule has 1 aliphatic carbocycles. The van der Waals surface area contributed by atoms with Crippen LogP contribution < -0.4 is 0 Å². The molecule has 0 N–H and O–H groups in total. The summed E-state index contributed by atoms with van der Waals surface area (Å²) < 4.78 is 5.24. The molecular weight excluding hydrogens is 256 g/mol. The molecule has 0 saturated heterocycles. The minimum absolute atomic E-state index is 0.0581. The molecule has 0 amide bonds. The number of halogens is 1. The number of ether oxygens (including phenoxy) is 1. The van der Waals surface area contributed by atoms with Gasteiger partial charge in [-0.25, -0.2) is 0 Å². The molecule has 1 fully saturated rings. The first-order chi connectivity index (χ1) is 6.87. The molecular formula is C12H21BrO2. The molecule has 0 bridgehead atoms. The van der Waals surface area contributed by atoms with Gasteiger partial charge in [-0.3, -0.25) is 4.79 Å². The maximum absolute atomic E-state index is 11.4. The van der Waals surface area contributed by atoms with E-state index in [-0.39, 0.29) is 11.6 Å². The van der Waals surface area contributed by atoms with Crippen molar-refractivity contribution in [2.75, 3.05) is 0 Å². The van der Waals surface area contributed by atoms with Crippen LogP contribution in [0.3, 0.4) is 0 Å². The van der Waals surface area contributed by atoms with E-state index in [1.165, 1.54) is 19.3 Å². The molecule has 2 nitrogen and oxygen atoms in total. The number of rotatable bonds is 4. The predicted octanol–water partition coefficient (Wildman–Crippen LogP) is 3.67. The van der Waals surface area contributed by atoms with Crippen LogP contribution in [0.4, 0.5) is 0 Å². The van der Waals surface area contributed by atoms with Gasteiger partial charge in [-0.15, -0.1) is 0 Å². The zero-order valence-corrected chi connectivity index (χ0v) is 11.5. The molecule has 0 radical (unpaired) electrons. The van der Waals surface area contributed by atoms with Crippen molar-refractivity contribution in [3.63, 3.8) is 0 Å². The maximum atomic E-state index is 11.4. The Morgan fingerprint density at radius 3 is 2.47 bits per heavy atom. The van der Waals surface area contributed by atoms with E-state index < -0.39 is 0 Å². The maximum Gasteiger partial charge on any atom is 0.306 e. The predicted molar refractivity (Wildman–Crippen MR) is 65.1 cm³/mol. The van der Waals surface area contributed by atoms with Crippen molar-refractivity contribution >= 4 is 21.9 Å². The molecule has 0 spiro atoms. The Hall–Kier alpha value is -0.0500. The van der Waals surface area contributed by atoms with Crippen LogP contribution in [-0.2, 0) is 9.53 Å². The lowest BCUT2D eigenvalue weighted by Gasteiger charge is -2.31. The van der Waals surface area contributed by atoms with Gasteiger partial charge in [0.05, 0.1) is 0 Å². The van der Waals surface area contributed by atoms with Gasteiger partial charge in [-0.2, -0.15) is 0 Å². The van der Waals surface area contributed by atoms with Crippen LogP contribution in [0, 0.1) is 5.92 Å². The van der Waals surface area contributed by atoms with E-state index in [1.807, 2.05) is 20.8 Å². The summed E-state index contributed by atoms with van der Waals surface area (Å²) in [5, 5.41) is 0. The van der Waals surface area contributed by atoms with E-state index in [4.69, 9.17) is 4.74 Å². The van der Waals surface area contributed by atoms with Gasteiger partial charge in [0.1, 0.15) is 5.60 Å². The van der Waals surface area contributed by atoms with Gasteiger partial charge in [0.15, 0.2) is 0 Å². The number of hydrogen-bond donors (Lipinski definition) is 0. The van der Waals surface area contributed by atoms with Crippen molar-refractivity contribution in [3.8, 4) is 0 Å². The Balaban J connectivity index is 2.02. The summed E-state index contributed by atoms with van der Waals surface area (Å²) >= 11 is 3.57. The molecule has 0 heterocycles. The minimum Gasteiger partial charge on any atom is -0.460 e. The van der Waals surface area contributed by atoms with Crippen LogP contribution in [0.2, 0.25) is 0 Å². The summed E-state index contributed by atoms with van der Waals surface area (Å²) in [5.41, 5.74) is -0.339.